The molecule has 7 heteroatoms. The second kappa shape index (κ2) is 12.6. The minimum Gasteiger partial charge on any atom is -0.265 e. The Bertz CT molecular complexity index is 473. The van der Waals surface area contributed by atoms with Crippen molar-refractivity contribution in [3.63, 3.8) is 0 Å². The van der Waals surface area contributed by atoms with Crippen LogP contribution < -0.4 is 0 Å². The Balaban J connectivity index is 1.57. The SMILES string of the molecule is CCCCCCCCCCCCN(Cn1ccnn1)Cn1ccnn1. The maximum absolute atomic E-state index is 4.06. The van der Waals surface area contributed by atoms with Crippen molar-refractivity contribution in [1.29, 1.82) is 0 Å². The lowest BCUT2D eigenvalue weighted by atomic mass is 10.1. The van der Waals surface area contributed by atoms with Crippen molar-refractivity contribution in [3.05, 3.63) is 24.8 Å². The van der Waals surface area contributed by atoms with Crippen molar-refractivity contribution in [2.45, 2.75) is 84.5 Å². The maximum Gasteiger partial charge on any atom is 0.0961 e. The molecular weight excluding hydrogens is 314 g/mol. The van der Waals surface area contributed by atoms with Gasteiger partial charge in [0.05, 0.1) is 25.7 Å². The van der Waals surface area contributed by atoms with E-state index in [4.69, 9.17) is 0 Å². The molecule has 0 atom stereocenters. The molecule has 0 radical (unpaired) electrons. The van der Waals surface area contributed by atoms with E-state index in [2.05, 4.69) is 32.4 Å². The normalized spacial score (nSPS) is 11.4. The predicted molar refractivity (Wildman–Crippen MR) is 98.6 cm³/mol. The zero-order valence-electron chi connectivity index (χ0n) is 15.6. The molecule has 25 heavy (non-hydrogen) atoms. The van der Waals surface area contributed by atoms with Gasteiger partial charge in [-0.15, -0.1) is 10.2 Å². The first kappa shape index (κ1) is 19.6. The molecule has 140 valence electrons. The van der Waals surface area contributed by atoms with E-state index in [0.29, 0.717) is 0 Å². The number of hydrogen-bond donors (Lipinski definition) is 0. The summed E-state index contributed by atoms with van der Waals surface area (Å²) in [5.41, 5.74) is 0. The Labute approximate surface area is 151 Å². The molecule has 0 saturated carbocycles. The highest BCUT2D eigenvalue weighted by Crippen LogP contribution is 2.11. The van der Waals surface area contributed by atoms with Crippen LogP contribution in [0.3, 0.4) is 0 Å². The lowest BCUT2D eigenvalue weighted by Gasteiger charge is -2.21. The van der Waals surface area contributed by atoms with E-state index in [1.165, 1.54) is 64.2 Å². The first-order chi connectivity index (χ1) is 12.4. The second-order valence-corrected chi connectivity index (χ2v) is 6.74. The summed E-state index contributed by atoms with van der Waals surface area (Å²) in [7, 11) is 0. The average molecular weight is 348 g/mol. The molecule has 0 spiro atoms. The van der Waals surface area contributed by atoms with Crippen molar-refractivity contribution in [3.8, 4) is 0 Å². The van der Waals surface area contributed by atoms with Crippen LogP contribution in [-0.4, -0.2) is 41.4 Å². The van der Waals surface area contributed by atoms with Crippen LogP contribution in [0.2, 0.25) is 0 Å². The van der Waals surface area contributed by atoms with Gasteiger partial charge in [0.15, 0.2) is 0 Å². The van der Waals surface area contributed by atoms with Crippen molar-refractivity contribution >= 4 is 0 Å². The molecule has 0 fully saturated rings. The first-order valence-electron chi connectivity index (χ1n) is 9.79. The minimum absolute atomic E-state index is 0.733. The molecular formula is C18H33N7. The van der Waals surface area contributed by atoms with Crippen LogP contribution in [0.25, 0.3) is 0 Å². The van der Waals surface area contributed by atoms with Gasteiger partial charge in [-0.1, -0.05) is 75.1 Å². The minimum atomic E-state index is 0.733. The number of rotatable bonds is 15. The molecule has 0 aliphatic rings. The zero-order valence-corrected chi connectivity index (χ0v) is 15.6. The highest BCUT2D eigenvalue weighted by atomic mass is 15.5. The van der Waals surface area contributed by atoms with Gasteiger partial charge in [-0.2, -0.15) is 0 Å². The Kier molecular flexibility index (Phi) is 9.84. The third-order valence-corrected chi connectivity index (χ3v) is 4.46. The maximum atomic E-state index is 4.06. The molecule has 7 nitrogen and oxygen atoms in total. The monoisotopic (exact) mass is 347 g/mol. The predicted octanol–water partition coefficient (Wildman–Crippen LogP) is 3.71. The van der Waals surface area contributed by atoms with Crippen LogP contribution in [0.1, 0.15) is 71.1 Å². The molecule has 0 aromatic carbocycles. The Morgan fingerprint density at radius 3 is 1.60 bits per heavy atom. The van der Waals surface area contributed by atoms with E-state index in [9.17, 15) is 0 Å². The van der Waals surface area contributed by atoms with Crippen LogP contribution in [0.4, 0.5) is 0 Å². The number of hydrogen-bond acceptors (Lipinski definition) is 5. The summed E-state index contributed by atoms with van der Waals surface area (Å²) in [6.45, 7) is 4.78. The lowest BCUT2D eigenvalue weighted by molar-refractivity contribution is 0.147. The quantitative estimate of drug-likeness (QED) is 0.460. The van der Waals surface area contributed by atoms with E-state index in [1.807, 2.05) is 21.8 Å². The highest BCUT2D eigenvalue weighted by molar-refractivity contribution is 4.67. The molecule has 2 aromatic rings. The molecule has 0 unspecified atom stereocenters. The van der Waals surface area contributed by atoms with E-state index < -0.39 is 0 Å². The van der Waals surface area contributed by atoms with Gasteiger partial charge in [0.1, 0.15) is 0 Å². The Morgan fingerprint density at radius 2 is 1.16 bits per heavy atom. The van der Waals surface area contributed by atoms with Gasteiger partial charge >= 0.3 is 0 Å². The molecule has 2 heterocycles. The molecule has 0 aliphatic heterocycles. The fraction of sp³-hybridized carbons (Fsp3) is 0.778. The first-order valence-corrected chi connectivity index (χ1v) is 9.79. The topological polar surface area (TPSA) is 64.7 Å². The molecule has 0 bridgehead atoms. The van der Waals surface area contributed by atoms with Gasteiger partial charge in [-0.3, -0.25) is 4.90 Å². The van der Waals surface area contributed by atoms with Gasteiger partial charge in [0, 0.05) is 18.9 Å². The molecule has 0 aliphatic carbocycles. The summed E-state index contributed by atoms with van der Waals surface area (Å²) in [5.74, 6) is 0. The van der Waals surface area contributed by atoms with Gasteiger partial charge in [-0.05, 0) is 6.42 Å². The van der Waals surface area contributed by atoms with Crippen LogP contribution in [0.5, 0.6) is 0 Å². The van der Waals surface area contributed by atoms with E-state index in [0.717, 1.165) is 19.9 Å². The molecule has 2 aromatic heterocycles. The lowest BCUT2D eigenvalue weighted by Crippen LogP contribution is -2.30. The van der Waals surface area contributed by atoms with Crippen LogP contribution >= 0.6 is 0 Å². The van der Waals surface area contributed by atoms with Crippen LogP contribution in [-0.2, 0) is 13.3 Å². The molecule has 0 N–H and O–H groups in total. The molecule has 0 saturated heterocycles. The Hall–Kier alpha value is -1.76. The van der Waals surface area contributed by atoms with E-state index in [-0.39, 0.29) is 0 Å². The summed E-state index contributed by atoms with van der Waals surface area (Å²) in [5, 5.41) is 15.9. The molecule has 0 amide bonds. The summed E-state index contributed by atoms with van der Waals surface area (Å²) in [6, 6.07) is 0. The van der Waals surface area contributed by atoms with Crippen molar-refractivity contribution in [1.82, 2.24) is 34.9 Å². The largest absolute Gasteiger partial charge is 0.265 e. The third kappa shape index (κ3) is 8.77. The standard InChI is InChI=1S/C18H33N7/c1-2-3-4-5-6-7-8-9-10-11-14-23(17-24-15-12-19-21-24)18-25-16-13-20-22-25/h12-13,15-16H,2-11,14,17-18H2,1H3. The fourth-order valence-corrected chi connectivity index (χ4v) is 3.04. The van der Waals surface area contributed by atoms with Crippen molar-refractivity contribution < 1.29 is 0 Å². The van der Waals surface area contributed by atoms with Gasteiger partial charge < -0.3 is 0 Å². The summed E-state index contributed by atoms with van der Waals surface area (Å²) in [6.07, 6.45) is 20.8. The van der Waals surface area contributed by atoms with Gasteiger partial charge in [0.2, 0.25) is 0 Å². The van der Waals surface area contributed by atoms with Crippen LogP contribution in [0, 0.1) is 0 Å². The third-order valence-electron chi connectivity index (χ3n) is 4.46. The summed E-state index contributed by atoms with van der Waals surface area (Å²) >= 11 is 0. The zero-order chi connectivity index (χ0) is 17.6. The number of aromatic nitrogens is 6. The summed E-state index contributed by atoms with van der Waals surface area (Å²) < 4.78 is 3.71. The van der Waals surface area contributed by atoms with Gasteiger partial charge in [0.25, 0.3) is 0 Å². The van der Waals surface area contributed by atoms with Crippen molar-refractivity contribution in [2.75, 3.05) is 6.54 Å². The van der Waals surface area contributed by atoms with Crippen molar-refractivity contribution in [2.24, 2.45) is 0 Å². The number of unbranched alkanes of at least 4 members (excludes halogenated alkanes) is 9. The fourth-order valence-electron chi connectivity index (χ4n) is 3.04. The highest BCUT2D eigenvalue weighted by Gasteiger charge is 2.07. The van der Waals surface area contributed by atoms with Gasteiger partial charge in [-0.25, -0.2) is 9.36 Å². The second-order valence-electron chi connectivity index (χ2n) is 6.74. The number of nitrogens with zero attached hydrogens (tertiary/aromatic N) is 7. The summed E-state index contributed by atoms with van der Waals surface area (Å²) in [4.78, 5) is 2.33. The smallest absolute Gasteiger partial charge is 0.0961 e. The van der Waals surface area contributed by atoms with E-state index >= 15 is 0 Å². The Morgan fingerprint density at radius 1 is 0.680 bits per heavy atom. The average Bonchev–Trinajstić information content (AvgIpc) is 3.30. The molecule has 2 rings (SSSR count). The van der Waals surface area contributed by atoms with E-state index in [1.54, 1.807) is 12.4 Å². The van der Waals surface area contributed by atoms with Crippen LogP contribution in [0.15, 0.2) is 24.8 Å².